The Labute approximate surface area is 99.2 Å². The first kappa shape index (κ1) is 10.4. The number of hydrogen-bond donors (Lipinski definition) is 1. The standard InChI is InChI=1S/C12H16IN/c1-8-5-6-10(13)7-11(8)12(14)9-3-2-4-9/h5-7,9,12H,2-4,14H2,1H3/t12-/m0/s1. The summed E-state index contributed by atoms with van der Waals surface area (Å²) >= 11 is 2.35. The number of rotatable bonds is 2. The van der Waals surface area contributed by atoms with Gasteiger partial charge in [-0.25, -0.2) is 0 Å². The van der Waals surface area contributed by atoms with Crippen LogP contribution in [-0.2, 0) is 0 Å². The molecular weight excluding hydrogens is 285 g/mol. The average molecular weight is 301 g/mol. The zero-order valence-electron chi connectivity index (χ0n) is 8.46. The molecule has 0 radical (unpaired) electrons. The molecule has 1 aromatic carbocycles. The van der Waals surface area contributed by atoms with E-state index in [-0.39, 0.29) is 6.04 Å². The molecule has 0 spiro atoms. The molecule has 0 heterocycles. The highest BCUT2D eigenvalue weighted by Crippen LogP contribution is 2.37. The van der Waals surface area contributed by atoms with Crippen LogP contribution in [0.25, 0.3) is 0 Å². The van der Waals surface area contributed by atoms with Crippen LogP contribution < -0.4 is 5.73 Å². The van der Waals surface area contributed by atoms with Crippen LogP contribution >= 0.6 is 22.6 Å². The topological polar surface area (TPSA) is 26.0 Å². The highest BCUT2D eigenvalue weighted by molar-refractivity contribution is 14.1. The first-order chi connectivity index (χ1) is 6.68. The molecule has 1 atom stereocenters. The van der Waals surface area contributed by atoms with Gasteiger partial charge in [-0.15, -0.1) is 0 Å². The van der Waals surface area contributed by atoms with Gasteiger partial charge in [0.05, 0.1) is 0 Å². The first-order valence-electron chi connectivity index (χ1n) is 5.20. The molecule has 2 rings (SSSR count). The van der Waals surface area contributed by atoms with Crippen LogP contribution in [0.2, 0.25) is 0 Å². The van der Waals surface area contributed by atoms with E-state index in [0.29, 0.717) is 0 Å². The fourth-order valence-electron chi connectivity index (χ4n) is 2.02. The van der Waals surface area contributed by atoms with Crippen molar-refractivity contribution < 1.29 is 0 Å². The fourth-order valence-corrected chi connectivity index (χ4v) is 2.54. The first-order valence-corrected chi connectivity index (χ1v) is 6.28. The highest BCUT2D eigenvalue weighted by Gasteiger charge is 2.26. The SMILES string of the molecule is Cc1ccc(I)cc1[C@@H](N)C1CCC1. The maximum atomic E-state index is 6.27. The van der Waals surface area contributed by atoms with Crippen molar-refractivity contribution in [3.05, 3.63) is 32.9 Å². The smallest absolute Gasteiger partial charge is 0.0326 e. The molecule has 1 fully saturated rings. The van der Waals surface area contributed by atoms with E-state index < -0.39 is 0 Å². The Morgan fingerprint density at radius 3 is 2.71 bits per heavy atom. The molecule has 1 aromatic rings. The van der Waals surface area contributed by atoms with Crippen molar-refractivity contribution in [2.75, 3.05) is 0 Å². The van der Waals surface area contributed by atoms with Crippen LogP contribution in [0.4, 0.5) is 0 Å². The van der Waals surface area contributed by atoms with Gasteiger partial charge in [-0.2, -0.15) is 0 Å². The van der Waals surface area contributed by atoms with E-state index in [4.69, 9.17) is 5.73 Å². The van der Waals surface area contributed by atoms with E-state index in [9.17, 15) is 0 Å². The summed E-state index contributed by atoms with van der Waals surface area (Å²) < 4.78 is 1.29. The third-order valence-electron chi connectivity index (χ3n) is 3.26. The van der Waals surface area contributed by atoms with Crippen molar-refractivity contribution >= 4 is 22.6 Å². The van der Waals surface area contributed by atoms with Crippen molar-refractivity contribution in [2.24, 2.45) is 11.7 Å². The summed E-state index contributed by atoms with van der Waals surface area (Å²) in [4.78, 5) is 0. The quantitative estimate of drug-likeness (QED) is 0.833. The molecule has 0 aromatic heterocycles. The van der Waals surface area contributed by atoms with Crippen molar-refractivity contribution in [1.82, 2.24) is 0 Å². The third kappa shape index (κ3) is 1.96. The van der Waals surface area contributed by atoms with Gasteiger partial charge in [0.1, 0.15) is 0 Å². The largest absolute Gasteiger partial charge is 0.324 e. The number of benzene rings is 1. The maximum absolute atomic E-state index is 6.27. The second-order valence-corrected chi connectivity index (χ2v) is 5.46. The Morgan fingerprint density at radius 1 is 1.43 bits per heavy atom. The normalized spacial score (nSPS) is 19.1. The minimum atomic E-state index is 0.262. The molecule has 2 heteroatoms. The van der Waals surface area contributed by atoms with E-state index in [1.807, 2.05) is 0 Å². The van der Waals surface area contributed by atoms with Gasteiger partial charge in [-0.05, 0) is 71.5 Å². The molecule has 0 amide bonds. The van der Waals surface area contributed by atoms with E-state index in [0.717, 1.165) is 5.92 Å². The van der Waals surface area contributed by atoms with Gasteiger partial charge in [0.25, 0.3) is 0 Å². The lowest BCUT2D eigenvalue weighted by Gasteiger charge is -2.32. The Hall–Kier alpha value is -0.0900. The molecule has 0 unspecified atom stereocenters. The molecule has 76 valence electrons. The third-order valence-corrected chi connectivity index (χ3v) is 3.93. The second-order valence-electron chi connectivity index (χ2n) is 4.22. The predicted molar refractivity (Wildman–Crippen MR) is 68.2 cm³/mol. The van der Waals surface area contributed by atoms with Crippen LogP contribution in [-0.4, -0.2) is 0 Å². The van der Waals surface area contributed by atoms with Gasteiger partial charge in [-0.3, -0.25) is 0 Å². The van der Waals surface area contributed by atoms with Crippen molar-refractivity contribution in [2.45, 2.75) is 32.2 Å². The lowest BCUT2D eigenvalue weighted by atomic mass is 9.77. The second kappa shape index (κ2) is 4.19. The van der Waals surface area contributed by atoms with Crippen molar-refractivity contribution in [3.8, 4) is 0 Å². The molecule has 1 aliphatic carbocycles. The van der Waals surface area contributed by atoms with E-state index >= 15 is 0 Å². The zero-order chi connectivity index (χ0) is 10.1. The molecule has 1 aliphatic rings. The van der Waals surface area contributed by atoms with Crippen LogP contribution in [0, 0.1) is 16.4 Å². The summed E-state index contributed by atoms with van der Waals surface area (Å²) in [7, 11) is 0. The summed E-state index contributed by atoms with van der Waals surface area (Å²) in [6, 6.07) is 6.82. The molecule has 1 saturated carbocycles. The van der Waals surface area contributed by atoms with Crippen LogP contribution in [0.3, 0.4) is 0 Å². The zero-order valence-corrected chi connectivity index (χ0v) is 10.6. The summed E-state index contributed by atoms with van der Waals surface area (Å²) in [5.74, 6) is 0.729. The van der Waals surface area contributed by atoms with E-state index in [2.05, 4.69) is 47.7 Å². The molecule has 2 N–H and O–H groups in total. The molecule has 0 aliphatic heterocycles. The van der Waals surface area contributed by atoms with Crippen molar-refractivity contribution in [1.29, 1.82) is 0 Å². The lowest BCUT2D eigenvalue weighted by molar-refractivity contribution is 0.264. The number of nitrogens with two attached hydrogens (primary N) is 1. The predicted octanol–water partition coefficient (Wildman–Crippen LogP) is 3.40. The van der Waals surface area contributed by atoms with Gasteiger partial charge in [-0.1, -0.05) is 12.5 Å². The lowest BCUT2D eigenvalue weighted by Crippen LogP contribution is -2.27. The molecule has 14 heavy (non-hydrogen) atoms. The van der Waals surface area contributed by atoms with Gasteiger partial charge in [0, 0.05) is 9.61 Å². The van der Waals surface area contributed by atoms with Gasteiger partial charge >= 0.3 is 0 Å². The molecule has 0 bridgehead atoms. The molecule has 0 saturated heterocycles. The van der Waals surface area contributed by atoms with Crippen LogP contribution in [0.5, 0.6) is 0 Å². The van der Waals surface area contributed by atoms with Crippen molar-refractivity contribution in [3.63, 3.8) is 0 Å². The Bertz CT molecular complexity index is 331. The van der Waals surface area contributed by atoms with E-state index in [1.165, 1.54) is 34.0 Å². The maximum Gasteiger partial charge on any atom is 0.0326 e. The highest BCUT2D eigenvalue weighted by atomic mass is 127. The summed E-state index contributed by atoms with van der Waals surface area (Å²) in [6.45, 7) is 2.16. The summed E-state index contributed by atoms with van der Waals surface area (Å²) in [5.41, 5.74) is 8.95. The van der Waals surface area contributed by atoms with Gasteiger partial charge in [0.2, 0.25) is 0 Å². The molecule has 1 nitrogen and oxygen atoms in total. The number of halogens is 1. The Balaban J connectivity index is 2.24. The summed E-state index contributed by atoms with van der Waals surface area (Å²) in [5, 5.41) is 0. The van der Waals surface area contributed by atoms with Gasteiger partial charge < -0.3 is 5.73 Å². The van der Waals surface area contributed by atoms with Crippen LogP contribution in [0.15, 0.2) is 18.2 Å². The fraction of sp³-hybridized carbons (Fsp3) is 0.500. The number of hydrogen-bond acceptors (Lipinski definition) is 1. The van der Waals surface area contributed by atoms with Crippen LogP contribution in [0.1, 0.15) is 36.4 Å². The average Bonchev–Trinajstić information content (AvgIpc) is 2.06. The summed E-state index contributed by atoms with van der Waals surface area (Å²) in [6.07, 6.45) is 3.99. The minimum Gasteiger partial charge on any atom is -0.324 e. The van der Waals surface area contributed by atoms with Gasteiger partial charge in [0.15, 0.2) is 0 Å². The molecular formula is C12H16IN. The Kier molecular flexibility index (Phi) is 3.12. The van der Waals surface area contributed by atoms with E-state index in [1.54, 1.807) is 0 Å². The monoisotopic (exact) mass is 301 g/mol. The number of aryl methyl sites for hydroxylation is 1. The minimum absolute atomic E-state index is 0.262. The Morgan fingerprint density at radius 2 is 2.14 bits per heavy atom.